The molecule has 6 atom stereocenters. The van der Waals surface area contributed by atoms with Gasteiger partial charge in [0.2, 0.25) is 5.91 Å². The smallest absolute Gasteiger partial charge is 0.264 e. The highest BCUT2D eigenvalue weighted by molar-refractivity contribution is 7.90. The summed E-state index contributed by atoms with van der Waals surface area (Å²) in [6.45, 7) is 6.91. The first-order chi connectivity index (χ1) is 24.4. The van der Waals surface area contributed by atoms with Crippen LogP contribution < -0.4 is 14.4 Å². The van der Waals surface area contributed by atoms with Crippen molar-refractivity contribution in [3.63, 3.8) is 0 Å². The van der Waals surface area contributed by atoms with Gasteiger partial charge < -0.3 is 19.1 Å². The molecule has 1 saturated carbocycles. The van der Waals surface area contributed by atoms with Crippen molar-refractivity contribution >= 4 is 33.2 Å². The van der Waals surface area contributed by atoms with Gasteiger partial charge in [0.05, 0.1) is 48.9 Å². The molecular weight excluding hydrogens is 695 g/mol. The molecule has 1 aliphatic carbocycles. The van der Waals surface area contributed by atoms with Gasteiger partial charge in [-0.3, -0.25) is 9.69 Å². The van der Waals surface area contributed by atoms with Gasteiger partial charge in [-0.25, -0.2) is 17.5 Å². The monoisotopic (exact) mass is 740 g/mol. The molecule has 1 amide bonds. The van der Waals surface area contributed by atoms with Crippen LogP contribution in [-0.2, 0) is 36.3 Å². The van der Waals surface area contributed by atoms with Crippen molar-refractivity contribution in [2.45, 2.75) is 68.2 Å². The van der Waals surface area contributed by atoms with E-state index in [-0.39, 0.29) is 54.9 Å². The van der Waals surface area contributed by atoms with E-state index in [2.05, 4.69) is 15.7 Å². The number of ether oxygens (including phenoxy) is 3. The number of allylic oxidation sites excluding steroid dienone is 1. The molecule has 274 valence electrons. The number of rotatable bonds is 5. The molecule has 2 bridgehead atoms. The van der Waals surface area contributed by atoms with Crippen LogP contribution in [0.2, 0.25) is 5.02 Å². The zero-order valence-corrected chi connectivity index (χ0v) is 30.7. The molecule has 2 aromatic rings. The molecule has 5 aliphatic rings. The molecule has 1 saturated heterocycles. The van der Waals surface area contributed by atoms with E-state index < -0.39 is 33.1 Å². The predicted molar refractivity (Wildman–Crippen MR) is 191 cm³/mol. The SMILES string of the molecule is C[C@H]1C/C=C/[C@H](OCCN2CC(F)(CC#N)C2)[C@@H]2CC[C@H]2CN2C[C@]3(COc4ccc(cc42)S(=O)(=O)NC(=O)[C@@H]1C)OCCc1cc(Cl)ccc13. The van der Waals surface area contributed by atoms with Crippen LogP contribution in [0.3, 0.4) is 0 Å². The summed E-state index contributed by atoms with van der Waals surface area (Å²) in [6.07, 6.45) is 7.07. The second-order valence-corrected chi connectivity index (χ2v) is 17.2. The molecule has 2 fully saturated rings. The van der Waals surface area contributed by atoms with Gasteiger partial charge in [-0.15, -0.1) is 0 Å². The molecule has 4 aliphatic heterocycles. The number of nitrogens with one attached hydrogen (secondary N) is 1. The molecule has 2 aromatic carbocycles. The summed E-state index contributed by atoms with van der Waals surface area (Å²) >= 11 is 6.40. The average molecular weight is 741 g/mol. The predicted octanol–water partition coefficient (Wildman–Crippen LogP) is 5.39. The number of nitriles is 1. The highest BCUT2D eigenvalue weighted by Crippen LogP contribution is 2.46. The summed E-state index contributed by atoms with van der Waals surface area (Å²) in [7, 11) is -4.17. The summed E-state index contributed by atoms with van der Waals surface area (Å²) in [4.78, 5) is 17.4. The molecule has 4 heterocycles. The Bertz CT molecular complexity index is 1830. The summed E-state index contributed by atoms with van der Waals surface area (Å²) in [5.41, 5.74) is 0.484. The number of alkyl halides is 1. The lowest BCUT2D eigenvalue weighted by molar-refractivity contribution is -0.124. The van der Waals surface area contributed by atoms with Gasteiger partial charge in [-0.2, -0.15) is 5.26 Å². The largest absolute Gasteiger partial charge is 0.488 e. The minimum atomic E-state index is -4.17. The van der Waals surface area contributed by atoms with Gasteiger partial charge in [-0.05, 0) is 84.9 Å². The first-order valence-corrected chi connectivity index (χ1v) is 19.8. The van der Waals surface area contributed by atoms with Gasteiger partial charge in [0.15, 0.2) is 0 Å². The van der Waals surface area contributed by atoms with Crippen LogP contribution in [0, 0.1) is 35.0 Å². The van der Waals surface area contributed by atoms with Crippen molar-refractivity contribution in [3.8, 4) is 11.8 Å². The average Bonchev–Trinajstić information content (AvgIpc) is 3.21. The Morgan fingerprint density at radius 1 is 1.16 bits per heavy atom. The second kappa shape index (κ2) is 14.3. The third-order valence-corrected chi connectivity index (χ3v) is 13.2. The van der Waals surface area contributed by atoms with Crippen LogP contribution in [0.25, 0.3) is 0 Å². The standard InChI is InChI=1S/C38H46ClFN4O6S/c1-25-4-3-5-34(48-17-15-43-21-37(40,22-43)13-14-41)31-9-6-28(31)20-44-23-38(32-10-7-29(39)18-27(32)12-16-50-38)24-49-35-11-8-30(19-33(35)44)51(46,47)42-36(45)26(25)2/h3,5,7-8,10-11,18-19,25-26,28,31,34H,4,6,9,12-13,15-17,20-24H2,1-2H3,(H,42,45)/b5-3+/t25-,26+,28-,31+,34-,38+/m0/s1. The fraction of sp³-hybridized carbons (Fsp3) is 0.579. The highest BCUT2D eigenvalue weighted by atomic mass is 35.5. The van der Waals surface area contributed by atoms with Crippen molar-refractivity contribution in [3.05, 3.63) is 64.7 Å². The molecule has 51 heavy (non-hydrogen) atoms. The van der Waals surface area contributed by atoms with E-state index in [1.807, 2.05) is 42.2 Å². The van der Waals surface area contributed by atoms with Gasteiger partial charge in [-0.1, -0.05) is 43.7 Å². The fourth-order valence-electron chi connectivity index (χ4n) is 8.25. The normalized spacial score (nSPS) is 32.1. The van der Waals surface area contributed by atoms with Crippen molar-refractivity contribution < 1.29 is 31.8 Å². The maximum absolute atomic E-state index is 14.6. The maximum atomic E-state index is 14.6. The number of hydrogen-bond acceptors (Lipinski definition) is 9. The minimum Gasteiger partial charge on any atom is -0.488 e. The molecule has 1 N–H and O–H groups in total. The van der Waals surface area contributed by atoms with Crippen LogP contribution in [0.15, 0.2) is 53.4 Å². The quantitative estimate of drug-likeness (QED) is 0.403. The number of halogens is 2. The van der Waals surface area contributed by atoms with Crippen molar-refractivity contribution in [2.75, 3.05) is 57.4 Å². The number of nitrogens with zero attached hydrogens (tertiary/aromatic N) is 3. The Kier molecular flexibility index (Phi) is 10.1. The van der Waals surface area contributed by atoms with Gasteiger partial charge in [0, 0.05) is 37.1 Å². The number of fused-ring (bicyclic) bond motifs is 4. The summed E-state index contributed by atoms with van der Waals surface area (Å²) < 4.78 is 63.8. The van der Waals surface area contributed by atoms with Crippen LogP contribution in [0.4, 0.5) is 10.1 Å². The second-order valence-electron chi connectivity index (χ2n) is 15.1. The van der Waals surface area contributed by atoms with E-state index >= 15 is 0 Å². The first kappa shape index (κ1) is 36.2. The third kappa shape index (κ3) is 7.38. The molecule has 7 rings (SSSR count). The topological polar surface area (TPSA) is 121 Å². The first-order valence-electron chi connectivity index (χ1n) is 18.0. The zero-order chi connectivity index (χ0) is 36.0. The molecule has 1 spiro atoms. The van der Waals surface area contributed by atoms with E-state index in [0.29, 0.717) is 55.7 Å². The fourth-order valence-corrected chi connectivity index (χ4v) is 9.52. The van der Waals surface area contributed by atoms with Crippen molar-refractivity contribution in [1.82, 2.24) is 9.62 Å². The Balaban J connectivity index is 1.21. The third-order valence-electron chi connectivity index (χ3n) is 11.6. The lowest BCUT2D eigenvalue weighted by Gasteiger charge is -2.46. The number of carbonyl (C=O) groups is 1. The Labute approximate surface area is 304 Å². The number of anilines is 1. The molecule has 0 radical (unpaired) electrons. The van der Waals surface area contributed by atoms with E-state index in [1.54, 1.807) is 19.1 Å². The molecule has 0 unspecified atom stereocenters. The molecule has 13 heteroatoms. The number of hydrogen-bond donors (Lipinski definition) is 1. The van der Waals surface area contributed by atoms with Gasteiger partial charge >= 0.3 is 0 Å². The van der Waals surface area contributed by atoms with Crippen LogP contribution in [0.1, 0.15) is 50.7 Å². The maximum Gasteiger partial charge on any atom is 0.264 e. The lowest BCUT2D eigenvalue weighted by atomic mass is 9.70. The summed E-state index contributed by atoms with van der Waals surface area (Å²) in [5.74, 6) is -0.290. The van der Waals surface area contributed by atoms with Crippen LogP contribution >= 0.6 is 11.6 Å². The van der Waals surface area contributed by atoms with Crippen molar-refractivity contribution in [2.24, 2.45) is 23.7 Å². The van der Waals surface area contributed by atoms with E-state index in [4.69, 9.17) is 31.1 Å². The lowest BCUT2D eigenvalue weighted by Crippen LogP contribution is -2.59. The number of carbonyl (C=O) groups excluding carboxylic acids is 1. The van der Waals surface area contributed by atoms with E-state index in [9.17, 15) is 17.6 Å². The molecule has 0 aromatic heterocycles. The molecular formula is C38H46ClFN4O6S. The van der Waals surface area contributed by atoms with Crippen LogP contribution in [0.5, 0.6) is 5.75 Å². The van der Waals surface area contributed by atoms with E-state index in [1.165, 1.54) is 6.07 Å². The summed E-state index contributed by atoms with van der Waals surface area (Å²) in [5, 5.41) is 9.61. The Morgan fingerprint density at radius 3 is 2.75 bits per heavy atom. The Morgan fingerprint density at radius 2 is 1.98 bits per heavy atom. The summed E-state index contributed by atoms with van der Waals surface area (Å²) in [6, 6.07) is 12.6. The van der Waals surface area contributed by atoms with Gasteiger partial charge in [0.1, 0.15) is 23.6 Å². The van der Waals surface area contributed by atoms with Gasteiger partial charge in [0.25, 0.3) is 10.0 Å². The van der Waals surface area contributed by atoms with E-state index in [0.717, 1.165) is 30.4 Å². The number of sulfonamides is 1. The Hall–Kier alpha value is -3.21. The van der Waals surface area contributed by atoms with Crippen molar-refractivity contribution in [1.29, 1.82) is 5.26 Å². The molecule has 10 nitrogen and oxygen atoms in total. The minimum absolute atomic E-state index is 0.00725. The number of benzene rings is 2. The number of amides is 1. The number of likely N-dealkylation sites (tertiary alicyclic amines) is 1. The zero-order valence-electron chi connectivity index (χ0n) is 29.2. The highest BCUT2D eigenvalue weighted by Gasteiger charge is 2.46. The van der Waals surface area contributed by atoms with Crippen LogP contribution in [-0.4, -0.2) is 83.5 Å².